The van der Waals surface area contributed by atoms with Crippen molar-refractivity contribution in [3.8, 4) is 16.9 Å². The number of benzene rings is 3. The number of nitrogens with zero attached hydrogens (tertiary/aromatic N) is 2. The second-order valence-electron chi connectivity index (χ2n) is 8.16. The quantitative estimate of drug-likeness (QED) is 0.234. The number of para-hydroxylation sites is 1. The van der Waals surface area contributed by atoms with E-state index in [0.29, 0.717) is 22.7 Å². The molecule has 0 amide bonds. The molecular weight excluding hydrogens is 442 g/mol. The normalized spacial score (nSPS) is 11.1. The number of fused-ring (bicyclic) bond motifs is 1. The second-order valence-corrected chi connectivity index (χ2v) is 9.11. The number of hydrogen-bond acceptors (Lipinski definition) is 4. The van der Waals surface area contributed by atoms with E-state index in [1.807, 2.05) is 60.8 Å². The van der Waals surface area contributed by atoms with Crippen molar-refractivity contribution in [2.75, 3.05) is 7.11 Å². The number of methoxy groups -OCH3 is 1. The van der Waals surface area contributed by atoms with Crippen LogP contribution in [-0.4, -0.2) is 21.6 Å². The molecule has 0 bridgehead atoms. The van der Waals surface area contributed by atoms with Gasteiger partial charge < -0.3 is 9.72 Å². The molecule has 0 atom stereocenters. The first-order chi connectivity index (χ1) is 16.6. The van der Waals surface area contributed by atoms with Crippen LogP contribution < -0.4 is 10.3 Å². The summed E-state index contributed by atoms with van der Waals surface area (Å²) in [6, 6.07) is 26.2. The van der Waals surface area contributed by atoms with E-state index < -0.39 is 0 Å². The van der Waals surface area contributed by atoms with Crippen LogP contribution in [0, 0.1) is 6.92 Å². The molecular formula is C28H25N3O2S. The molecule has 34 heavy (non-hydrogen) atoms. The Morgan fingerprint density at radius 1 is 0.971 bits per heavy atom. The predicted molar refractivity (Wildman–Crippen MR) is 139 cm³/mol. The van der Waals surface area contributed by atoms with Gasteiger partial charge in [-0.2, -0.15) is 0 Å². The molecule has 0 unspecified atom stereocenters. The summed E-state index contributed by atoms with van der Waals surface area (Å²) in [6.07, 6.45) is 1.87. The highest BCUT2D eigenvalue weighted by atomic mass is 32.2. The molecule has 5 nitrogen and oxygen atoms in total. The Hall–Kier alpha value is -3.77. The van der Waals surface area contributed by atoms with E-state index in [0.717, 1.165) is 28.2 Å². The van der Waals surface area contributed by atoms with Gasteiger partial charge in [-0.3, -0.25) is 9.36 Å². The smallest absolute Gasteiger partial charge is 0.278 e. The van der Waals surface area contributed by atoms with Crippen LogP contribution in [0.3, 0.4) is 0 Å². The highest BCUT2D eigenvalue weighted by molar-refractivity contribution is 7.98. The number of ether oxygens (including phenoxy) is 1. The Labute approximate surface area is 202 Å². The minimum Gasteiger partial charge on any atom is -0.496 e. The number of thioether (sulfide) groups is 1. The van der Waals surface area contributed by atoms with E-state index in [9.17, 15) is 4.79 Å². The highest BCUT2D eigenvalue weighted by Crippen LogP contribution is 2.30. The molecule has 2 heterocycles. The molecule has 6 heteroatoms. The lowest BCUT2D eigenvalue weighted by molar-refractivity contribution is 0.407. The zero-order valence-electron chi connectivity index (χ0n) is 19.1. The van der Waals surface area contributed by atoms with Gasteiger partial charge in [-0.05, 0) is 24.1 Å². The maximum atomic E-state index is 13.7. The van der Waals surface area contributed by atoms with Gasteiger partial charge in [-0.25, -0.2) is 4.98 Å². The molecule has 0 fully saturated rings. The van der Waals surface area contributed by atoms with Crippen LogP contribution in [0.25, 0.3) is 22.2 Å². The standard InChI is InChI=1S/C28H25N3O2S/c1-19-12-14-20(15-13-19)18-34-28-30-25-23(21-8-4-3-5-9-21)16-29-26(25)27(32)31(28)17-22-10-6-7-11-24(22)33-2/h3-16,29H,17-18H2,1-2H3. The number of aryl methyl sites for hydroxylation is 1. The highest BCUT2D eigenvalue weighted by Gasteiger charge is 2.18. The zero-order chi connectivity index (χ0) is 23.5. The molecule has 0 radical (unpaired) electrons. The van der Waals surface area contributed by atoms with Crippen LogP contribution >= 0.6 is 11.8 Å². The summed E-state index contributed by atoms with van der Waals surface area (Å²) in [5, 5.41) is 0.681. The van der Waals surface area contributed by atoms with E-state index in [1.54, 1.807) is 23.4 Å². The number of aromatic nitrogens is 3. The van der Waals surface area contributed by atoms with Crippen molar-refractivity contribution in [1.82, 2.24) is 14.5 Å². The molecule has 5 rings (SSSR count). The van der Waals surface area contributed by atoms with Crippen molar-refractivity contribution in [3.05, 3.63) is 112 Å². The Balaban J connectivity index is 1.62. The van der Waals surface area contributed by atoms with Gasteiger partial charge in [-0.1, -0.05) is 90.1 Å². The minimum atomic E-state index is -0.0931. The van der Waals surface area contributed by atoms with Crippen molar-refractivity contribution < 1.29 is 4.74 Å². The van der Waals surface area contributed by atoms with Gasteiger partial charge >= 0.3 is 0 Å². The van der Waals surface area contributed by atoms with E-state index in [1.165, 1.54) is 11.1 Å². The van der Waals surface area contributed by atoms with Crippen LogP contribution in [0.1, 0.15) is 16.7 Å². The number of H-pyrrole nitrogens is 1. The van der Waals surface area contributed by atoms with Gasteiger partial charge in [0.15, 0.2) is 5.16 Å². The maximum absolute atomic E-state index is 13.7. The summed E-state index contributed by atoms with van der Waals surface area (Å²) in [5.41, 5.74) is 6.40. The third-order valence-corrected chi connectivity index (χ3v) is 6.89. The van der Waals surface area contributed by atoms with Gasteiger partial charge in [-0.15, -0.1) is 0 Å². The average Bonchev–Trinajstić information content (AvgIpc) is 3.30. The molecule has 2 aromatic heterocycles. The topological polar surface area (TPSA) is 59.9 Å². The van der Waals surface area contributed by atoms with Gasteiger partial charge in [0.05, 0.1) is 13.7 Å². The summed E-state index contributed by atoms with van der Waals surface area (Å²) in [6.45, 7) is 2.45. The van der Waals surface area contributed by atoms with E-state index in [-0.39, 0.29) is 5.56 Å². The van der Waals surface area contributed by atoms with Crippen molar-refractivity contribution in [3.63, 3.8) is 0 Å². The van der Waals surface area contributed by atoms with Gasteiger partial charge in [0.1, 0.15) is 16.8 Å². The van der Waals surface area contributed by atoms with Crippen LogP contribution in [0.15, 0.2) is 95.0 Å². The third-order valence-electron chi connectivity index (χ3n) is 5.84. The lowest BCUT2D eigenvalue weighted by Gasteiger charge is -2.14. The Morgan fingerprint density at radius 2 is 1.71 bits per heavy atom. The first-order valence-corrected chi connectivity index (χ1v) is 12.1. The third kappa shape index (κ3) is 4.37. The molecule has 1 N–H and O–H groups in total. The molecule has 0 aliphatic carbocycles. The van der Waals surface area contributed by atoms with Crippen LogP contribution in [0.4, 0.5) is 0 Å². The summed E-state index contributed by atoms with van der Waals surface area (Å²) in [4.78, 5) is 21.9. The van der Waals surface area contributed by atoms with Crippen molar-refractivity contribution >= 4 is 22.8 Å². The van der Waals surface area contributed by atoms with Crippen LogP contribution in [-0.2, 0) is 12.3 Å². The fraction of sp³-hybridized carbons (Fsp3) is 0.143. The number of hydrogen-bond donors (Lipinski definition) is 1. The minimum absolute atomic E-state index is 0.0931. The average molecular weight is 468 g/mol. The molecule has 170 valence electrons. The van der Waals surface area contributed by atoms with Gasteiger partial charge in [0.2, 0.25) is 0 Å². The number of aromatic amines is 1. The molecule has 0 saturated carbocycles. The van der Waals surface area contributed by atoms with E-state index >= 15 is 0 Å². The SMILES string of the molecule is COc1ccccc1Cn1c(SCc2ccc(C)cc2)nc2c(-c3ccccc3)c[nH]c2c1=O. The largest absolute Gasteiger partial charge is 0.496 e. The summed E-state index contributed by atoms with van der Waals surface area (Å²) in [7, 11) is 1.65. The zero-order valence-corrected chi connectivity index (χ0v) is 19.9. The Morgan fingerprint density at radius 3 is 2.47 bits per heavy atom. The van der Waals surface area contributed by atoms with E-state index in [2.05, 4.69) is 36.2 Å². The number of nitrogens with one attached hydrogen (secondary N) is 1. The number of rotatable bonds is 7. The lowest BCUT2D eigenvalue weighted by atomic mass is 10.1. The fourth-order valence-electron chi connectivity index (χ4n) is 4.00. The fourth-order valence-corrected chi connectivity index (χ4v) is 4.94. The summed E-state index contributed by atoms with van der Waals surface area (Å²) >= 11 is 1.57. The maximum Gasteiger partial charge on any atom is 0.278 e. The Kier molecular flexibility index (Phi) is 6.23. The van der Waals surface area contributed by atoms with Crippen molar-refractivity contribution in [2.24, 2.45) is 0 Å². The monoisotopic (exact) mass is 467 g/mol. The van der Waals surface area contributed by atoms with Gasteiger partial charge in [0.25, 0.3) is 5.56 Å². The molecule has 3 aromatic carbocycles. The summed E-state index contributed by atoms with van der Waals surface area (Å²) < 4.78 is 7.28. The molecule has 0 saturated heterocycles. The molecule has 0 spiro atoms. The second kappa shape index (κ2) is 9.61. The lowest BCUT2D eigenvalue weighted by Crippen LogP contribution is -2.24. The first kappa shape index (κ1) is 22.0. The van der Waals surface area contributed by atoms with Crippen molar-refractivity contribution in [2.45, 2.75) is 24.4 Å². The van der Waals surface area contributed by atoms with Gasteiger partial charge in [0, 0.05) is 23.1 Å². The van der Waals surface area contributed by atoms with Crippen LogP contribution in [0.2, 0.25) is 0 Å². The Bertz CT molecular complexity index is 1490. The molecule has 0 aliphatic heterocycles. The first-order valence-electron chi connectivity index (χ1n) is 11.1. The summed E-state index contributed by atoms with van der Waals surface area (Å²) in [5.74, 6) is 1.47. The molecule has 0 aliphatic rings. The van der Waals surface area contributed by atoms with Crippen LogP contribution in [0.5, 0.6) is 5.75 Å². The predicted octanol–water partition coefficient (Wildman–Crippen LogP) is 6.05. The van der Waals surface area contributed by atoms with Crippen molar-refractivity contribution in [1.29, 1.82) is 0 Å². The molecule has 5 aromatic rings. The van der Waals surface area contributed by atoms with E-state index in [4.69, 9.17) is 9.72 Å².